The number of likely N-dealkylation sites (tertiary alicyclic amines) is 1. The maximum atomic E-state index is 12.4. The summed E-state index contributed by atoms with van der Waals surface area (Å²) in [7, 11) is 0. The molecule has 1 unspecified atom stereocenters. The molecule has 6 heteroatoms. The number of amides is 2. The van der Waals surface area contributed by atoms with E-state index >= 15 is 0 Å². The SMILES string of the molecule is Cc1nc(-c2cccc(NC(=O)NCc3ccc(CN4CCCC(C)C4)cc3)c2)oc1C. The van der Waals surface area contributed by atoms with Crippen molar-refractivity contribution >= 4 is 11.7 Å². The third-order valence-electron chi connectivity index (χ3n) is 6.02. The van der Waals surface area contributed by atoms with Crippen molar-refractivity contribution in [3.8, 4) is 11.5 Å². The molecule has 2 aromatic carbocycles. The first-order valence-electron chi connectivity index (χ1n) is 11.4. The van der Waals surface area contributed by atoms with Gasteiger partial charge < -0.3 is 15.1 Å². The van der Waals surface area contributed by atoms with Gasteiger partial charge >= 0.3 is 6.03 Å². The van der Waals surface area contributed by atoms with Gasteiger partial charge in [-0.3, -0.25) is 4.90 Å². The van der Waals surface area contributed by atoms with E-state index < -0.39 is 0 Å². The van der Waals surface area contributed by atoms with E-state index in [1.54, 1.807) is 0 Å². The number of piperidine rings is 1. The number of benzene rings is 2. The van der Waals surface area contributed by atoms with E-state index in [-0.39, 0.29) is 6.03 Å². The highest BCUT2D eigenvalue weighted by Crippen LogP contribution is 2.24. The van der Waals surface area contributed by atoms with E-state index in [0.29, 0.717) is 18.1 Å². The van der Waals surface area contributed by atoms with Gasteiger partial charge in [0.2, 0.25) is 5.89 Å². The molecule has 2 amide bonds. The van der Waals surface area contributed by atoms with Gasteiger partial charge in [0.05, 0.1) is 5.69 Å². The smallest absolute Gasteiger partial charge is 0.319 e. The Morgan fingerprint density at radius 3 is 2.66 bits per heavy atom. The molecule has 0 saturated carbocycles. The first kappa shape index (κ1) is 22.1. The average molecular weight is 433 g/mol. The zero-order valence-corrected chi connectivity index (χ0v) is 19.1. The maximum absolute atomic E-state index is 12.4. The summed E-state index contributed by atoms with van der Waals surface area (Å²) >= 11 is 0. The summed E-state index contributed by atoms with van der Waals surface area (Å²) < 4.78 is 5.69. The van der Waals surface area contributed by atoms with Crippen LogP contribution in [0.1, 0.15) is 42.3 Å². The van der Waals surface area contributed by atoms with Gasteiger partial charge in [0.15, 0.2) is 0 Å². The topological polar surface area (TPSA) is 70.4 Å². The molecule has 2 heterocycles. The van der Waals surface area contributed by atoms with Gasteiger partial charge in [0.1, 0.15) is 5.76 Å². The molecule has 32 heavy (non-hydrogen) atoms. The first-order valence-corrected chi connectivity index (χ1v) is 11.4. The van der Waals surface area contributed by atoms with Crippen LogP contribution in [0.15, 0.2) is 52.9 Å². The number of oxazole rings is 1. The van der Waals surface area contributed by atoms with E-state index in [1.165, 1.54) is 31.5 Å². The fourth-order valence-corrected chi connectivity index (χ4v) is 4.13. The Kier molecular flexibility index (Phi) is 6.90. The van der Waals surface area contributed by atoms with Crippen LogP contribution < -0.4 is 10.6 Å². The summed E-state index contributed by atoms with van der Waals surface area (Å²) in [6, 6.07) is 15.8. The zero-order chi connectivity index (χ0) is 22.5. The van der Waals surface area contributed by atoms with Gasteiger partial charge in [0.25, 0.3) is 0 Å². The Labute approximate surface area is 190 Å². The molecule has 1 aromatic heterocycles. The summed E-state index contributed by atoms with van der Waals surface area (Å²) in [6.07, 6.45) is 2.63. The lowest BCUT2D eigenvalue weighted by Crippen LogP contribution is -2.33. The summed E-state index contributed by atoms with van der Waals surface area (Å²) in [4.78, 5) is 19.3. The van der Waals surface area contributed by atoms with Gasteiger partial charge in [-0.1, -0.05) is 37.3 Å². The summed E-state index contributed by atoms with van der Waals surface area (Å²) in [5.74, 6) is 2.14. The molecular formula is C26H32N4O2. The molecule has 0 spiro atoms. The van der Waals surface area contributed by atoms with Gasteiger partial charge in [-0.25, -0.2) is 9.78 Å². The van der Waals surface area contributed by atoms with E-state index in [2.05, 4.69) is 51.7 Å². The molecule has 2 N–H and O–H groups in total. The van der Waals surface area contributed by atoms with Crippen molar-refractivity contribution in [3.63, 3.8) is 0 Å². The largest absolute Gasteiger partial charge is 0.441 e. The summed E-state index contributed by atoms with van der Waals surface area (Å²) in [5.41, 5.74) is 4.79. The van der Waals surface area contributed by atoms with Crippen LogP contribution in [0.5, 0.6) is 0 Å². The molecule has 6 nitrogen and oxygen atoms in total. The molecule has 1 atom stereocenters. The van der Waals surface area contributed by atoms with Crippen molar-refractivity contribution in [1.82, 2.24) is 15.2 Å². The molecule has 3 aromatic rings. The average Bonchev–Trinajstić information content (AvgIpc) is 3.12. The zero-order valence-electron chi connectivity index (χ0n) is 19.1. The van der Waals surface area contributed by atoms with Gasteiger partial charge in [0, 0.05) is 30.9 Å². The van der Waals surface area contributed by atoms with Crippen molar-refractivity contribution in [3.05, 3.63) is 71.1 Å². The number of nitrogens with zero attached hydrogens (tertiary/aromatic N) is 2. The Morgan fingerprint density at radius 2 is 1.94 bits per heavy atom. The second-order valence-electron chi connectivity index (χ2n) is 8.85. The first-order chi connectivity index (χ1) is 15.5. The van der Waals surface area contributed by atoms with Gasteiger partial charge in [-0.2, -0.15) is 0 Å². The van der Waals surface area contributed by atoms with E-state index in [4.69, 9.17) is 4.42 Å². The number of carbonyl (C=O) groups is 1. The van der Waals surface area contributed by atoms with Crippen molar-refractivity contribution in [2.75, 3.05) is 18.4 Å². The maximum Gasteiger partial charge on any atom is 0.319 e. The number of hydrogen-bond acceptors (Lipinski definition) is 4. The molecular weight excluding hydrogens is 400 g/mol. The predicted molar refractivity (Wildman–Crippen MR) is 127 cm³/mol. The second kappa shape index (κ2) is 10.0. The Hall–Kier alpha value is -3.12. The van der Waals surface area contributed by atoms with Crippen LogP contribution in [0.4, 0.5) is 10.5 Å². The van der Waals surface area contributed by atoms with Crippen LogP contribution in [0.2, 0.25) is 0 Å². The molecule has 0 radical (unpaired) electrons. The highest BCUT2D eigenvalue weighted by molar-refractivity contribution is 5.89. The number of anilines is 1. The highest BCUT2D eigenvalue weighted by atomic mass is 16.4. The Balaban J connectivity index is 1.28. The Bertz CT molecular complexity index is 1040. The summed E-state index contributed by atoms with van der Waals surface area (Å²) in [5, 5.41) is 5.81. The van der Waals surface area contributed by atoms with Gasteiger partial charge in [-0.15, -0.1) is 0 Å². The Morgan fingerprint density at radius 1 is 1.16 bits per heavy atom. The lowest BCUT2D eigenvalue weighted by atomic mass is 9.99. The molecule has 0 aliphatic carbocycles. The quantitative estimate of drug-likeness (QED) is 0.539. The highest BCUT2D eigenvalue weighted by Gasteiger charge is 2.16. The minimum absolute atomic E-state index is 0.242. The number of rotatable bonds is 6. The van der Waals surface area contributed by atoms with Crippen LogP contribution in [0.25, 0.3) is 11.5 Å². The standard InChI is InChI=1S/C26H32N4O2/c1-18-6-5-13-30(16-18)17-22-11-9-21(10-12-22)15-27-26(31)29-24-8-4-7-23(14-24)25-28-19(2)20(3)32-25/h4,7-12,14,18H,5-6,13,15-17H2,1-3H3,(H2,27,29,31). The number of carbonyl (C=O) groups excluding carboxylic acids is 1. The summed E-state index contributed by atoms with van der Waals surface area (Å²) in [6.45, 7) is 9.98. The molecule has 1 fully saturated rings. The normalized spacial score (nSPS) is 16.7. The van der Waals surface area contributed by atoms with E-state index in [9.17, 15) is 4.79 Å². The lowest BCUT2D eigenvalue weighted by molar-refractivity contribution is 0.176. The van der Waals surface area contributed by atoms with Crippen molar-refractivity contribution in [2.24, 2.45) is 5.92 Å². The van der Waals surface area contributed by atoms with Crippen molar-refractivity contribution in [2.45, 2.75) is 46.7 Å². The fourth-order valence-electron chi connectivity index (χ4n) is 4.13. The molecule has 1 aliphatic rings. The van der Waals surface area contributed by atoms with Crippen LogP contribution in [-0.2, 0) is 13.1 Å². The van der Waals surface area contributed by atoms with Crippen LogP contribution in [-0.4, -0.2) is 29.0 Å². The van der Waals surface area contributed by atoms with Gasteiger partial charge in [-0.05, 0) is 68.5 Å². The van der Waals surface area contributed by atoms with Crippen molar-refractivity contribution in [1.29, 1.82) is 0 Å². The third kappa shape index (κ3) is 5.77. The molecule has 1 saturated heterocycles. The van der Waals surface area contributed by atoms with Crippen LogP contribution in [0.3, 0.4) is 0 Å². The monoisotopic (exact) mass is 432 g/mol. The minimum atomic E-state index is -0.242. The number of aromatic nitrogens is 1. The molecule has 0 bridgehead atoms. The van der Waals surface area contributed by atoms with Crippen LogP contribution >= 0.6 is 0 Å². The van der Waals surface area contributed by atoms with Crippen molar-refractivity contribution < 1.29 is 9.21 Å². The lowest BCUT2D eigenvalue weighted by Gasteiger charge is -2.30. The molecule has 1 aliphatic heterocycles. The molecule has 4 rings (SSSR count). The second-order valence-corrected chi connectivity index (χ2v) is 8.85. The number of urea groups is 1. The van der Waals surface area contributed by atoms with Crippen LogP contribution in [0, 0.1) is 19.8 Å². The fraction of sp³-hybridized carbons (Fsp3) is 0.385. The molecule has 168 valence electrons. The number of aryl methyl sites for hydroxylation is 2. The minimum Gasteiger partial charge on any atom is -0.441 e. The van der Waals surface area contributed by atoms with E-state index in [1.807, 2.05) is 38.1 Å². The third-order valence-corrected chi connectivity index (χ3v) is 6.02. The predicted octanol–water partition coefficient (Wildman–Crippen LogP) is 5.51. The van der Waals surface area contributed by atoms with E-state index in [0.717, 1.165) is 35.0 Å². The number of nitrogens with one attached hydrogen (secondary N) is 2. The number of hydrogen-bond donors (Lipinski definition) is 2.